The van der Waals surface area contributed by atoms with Gasteiger partial charge in [0.05, 0.1) is 18.8 Å². The number of aryl methyl sites for hydroxylation is 1. The molecule has 25 heavy (non-hydrogen) atoms. The highest BCUT2D eigenvalue weighted by molar-refractivity contribution is 7.98. The highest BCUT2D eigenvalue weighted by Gasteiger charge is 2.14. The van der Waals surface area contributed by atoms with Crippen LogP contribution in [0.3, 0.4) is 0 Å². The third kappa shape index (κ3) is 8.18. The van der Waals surface area contributed by atoms with Gasteiger partial charge in [-0.2, -0.15) is 11.8 Å². The van der Waals surface area contributed by atoms with E-state index in [9.17, 15) is 9.59 Å². The number of ether oxygens (including phenoxy) is 1. The number of rotatable bonds is 9. The summed E-state index contributed by atoms with van der Waals surface area (Å²) in [4.78, 5) is 23.8. The summed E-state index contributed by atoms with van der Waals surface area (Å²) < 4.78 is 5.21. The summed E-state index contributed by atoms with van der Waals surface area (Å²) in [6.45, 7) is 2.07. The number of halogens is 2. The van der Waals surface area contributed by atoms with Crippen molar-refractivity contribution in [3.05, 3.63) is 22.7 Å². The monoisotopic (exact) mass is 409 g/mol. The molecule has 0 radical (unpaired) electrons. The Morgan fingerprint density at radius 3 is 2.68 bits per heavy atom. The first-order valence-electron chi connectivity index (χ1n) is 7.55. The maximum absolute atomic E-state index is 12.0. The van der Waals surface area contributed by atoms with E-state index < -0.39 is 6.04 Å². The first kappa shape index (κ1) is 23.9. The molecule has 1 rings (SSSR count). The number of carbonyl (C=O) groups excluding carboxylic acids is 2. The van der Waals surface area contributed by atoms with Gasteiger partial charge < -0.3 is 21.1 Å². The van der Waals surface area contributed by atoms with Crippen molar-refractivity contribution < 1.29 is 14.3 Å². The third-order valence-corrected chi connectivity index (χ3v) is 4.43. The summed E-state index contributed by atoms with van der Waals surface area (Å²) in [5.41, 5.74) is 7.14. The summed E-state index contributed by atoms with van der Waals surface area (Å²) in [6.07, 6.45) is 2.72. The van der Waals surface area contributed by atoms with E-state index in [0.717, 1.165) is 11.3 Å². The van der Waals surface area contributed by atoms with Crippen LogP contribution in [0, 0.1) is 6.92 Å². The maximum atomic E-state index is 12.0. The Labute approximate surface area is 164 Å². The largest absolute Gasteiger partial charge is 0.495 e. The molecule has 9 heteroatoms. The normalized spacial score (nSPS) is 11.2. The van der Waals surface area contributed by atoms with Gasteiger partial charge in [-0.1, -0.05) is 11.6 Å². The van der Waals surface area contributed by atoms with E-state index in [0.29, 0.717) is 22.9 Å². The number of anilines is 1. The third-order valence-electron chi connectivity index (χ3n) is 3.38. The molecular formula is C16H25Cl2N3O3S. The lowest BCUT2D eigenvalue weighted by Gasteiger charge is -2.13. The number of hydrogen-bond donors (Lipinski definition) is 3. The molecule has 0 aliphatic heterocycles. The summed E-state index contributed by atoms with van der Waals surface area (Å²) in [5, 5.41) is 6.00. The van der Waals surface area contributed by atoms with Crippen LogP contribution in [-0.4, -0.2) is 43.5 Å². The molecule has 0 aliphatic carbocycles. The molecule has 1 atom stereocenters. The minimum Gasteiger partial charge on any atom is -0.495 e. The van der Waals surface area contributed by atoms with Gasteiger partial charge in [0.15, 0.2) is 0 Å². The fraction of sp³-hybridized carbons (Fsp3) is 0.500. The van der Waals surface area contributed by atoms with Crippen molar-refractivity contribution in [2.45, 2.75) is 25.8 Å². The number of hydrogen-bond acceptors (Lipinski definition) is 5. The van der Waals surface area contributed by atoms with E-state index in [-0.39, 0.29) is 37.2 Å². The molecule has 0 heterocycles. The van der Waals surface area contributed by atoms with Crippen molar-refractivity contribution in [1.29, 1.82) is 0 Å². The van der Waals surface area contributed by atoms with E-state index >= 15 is 0 Å². The van der Waals surface area contributed by atoms with Gasteiger partial charge in [-0.3, -0.25) is 9.59 Å². The standard InChI is InChI=1S/C16H24ClN3O3S.ClH/c1-10-8-13(14(23-2)9-11(10)17)20-15(21)4-6-19-16(22)12(18)5-7-24-3;/h8-9,12H,4-7,18H2,1-3H3,(H,19,22)(H,20,21);1H/t12-;/m0./s1. The molecular weight excluding hydrogens is 385 g/mol. The molecule has 2 amide bonds. The molecule has 142 valence electrons. The van der Waals surface area contributed by atoms with Gasteiger partial charge in [-0.15, -0.1) is 12.4 Å². The predicted molar refractivity (Wildman–Crippen MR) is 107 cm³/mol. The molecule has 0 bridgehead atoms. The van der Waals surface area contributed by atoms with Gasteiger partial charge in [-0.25, -0.2) is 0 Å². The summed E-state index contributed by atoms with van der Waals surface area (Å²) in [7, 11) is 1.51. The second-order valence-corrected chi connectivity index (χ2v) is 6.67. The van der Waals surface area contributed by atoms with Gasteiger partial charge in [0.2, 0.25) is 11.8 Å². The van der Waals surface area contributed by atoms with Crippen LogP contribution >= 0.6 is 35.8 Å². The van der Waals surface area contributed by atoms with Crippen LogP contribution in [0.25, 0.3) is 0 Å². The number of nitrogens with two attached hydrogens (primary N) is 1. The molecule has 0 spiro atoms. The highest BCUT2D eigenvalue weighted by Crippen LogP contribution is 2.30. The topological polar surface area (TPSA) is 93.5 Å². The smallest absolute Gasteiger partial charge is 0.236 e. The summed E-state index contributed by atoms with van der Waals surface area (Å²) in [6, 6.07) is 2.86. The molecule has 0 saturated carbocycles. The second kappa shape index (κ2) is 12.2. The van der Waals surface area contributed by atoms with Crippen LogP contribution in [0.1, 0.15) is 18.4 Å². The van der Waals surface area contributed by atoms with Gasteiger partial charge in [0.25, 0.3) is 0 Å². The van der Waals surface area contributed by atoms with E-state index in [4.69, 9.17) is 22.1 Å². The van der Waals surface area contributed by atoms with Crippen molar-refractivity contribution in [1.82, 2.24) is 5.32 Å². The second-order valence-electron chi connectivity index (χ2n) is 5.28. The van der Waals surface area contributed by atoms with Crippen LogP contribution < -0.4 is 21.1 Å². The Bertz CT molecular complexity index is 588. The van der Waals surface area contributed by atoms with Crippen molar-refractivity contribution in [3.8, 4) is 5.75 Å². The molecule has 6 nitrogen and oxygen atoms in total. The van der Waals surface area contributed by atoms with Gasteiger partial charge in [0.1, 0.15) is 5.75 Å². The van der Waals surface area contributed by atoms with E-state index in [1.807, 2.05) is 13.2 Å². The number of methoxy groups -OCH3 is 1. The van der Waals surface area contributed by atoms with Gasteiger partial charge in [0, 0.05) is 24.1 Å². The predicted octanol–water partition coefficient (Wildman–Crippen LogP) is 2.60. The summed E-state index contributed by atoms with van der Waals surface area (Å²) in [5.74, 6) is 0.844. The van der Waals surface area contributed by atoms with Crippen LogP contribution in [0.5, 0.6) is 5.75 Å². The van der Waals surface area contributed by atoms with E-state index in [1.54, 1.807) is 23.9 Å². The molecule has 0 aliphatic rings. The zero-order valence-electron chi connectivity index (χ0n) is 14.6. The van der Waals surface area contributed by atoms with Crippen molar-refractivity contribution in [2.75, 3.05) is 31.0 Å². The molecule has 1 aromatic rings. The molecule has 0 fully saturated rings. The Morgan fingerprint density at radius 1 is 1.40 bits per heavy atom. The number of benzene rings is 1. The molecule has 1 aromatic carbocycles. The number of amides is 2. The lowest BCUT2D eigenvalue weighted by atomic mass is 10.2. The van der Waals surface area contributed by atoms with Crippen LogP contribution in [0.15, 0.2) is 12.1 Å². The van der Waals surface area contributed by atoms with Gasteiger partial charge >= 0.3 is 0 Å². The molecule has 0 unspecified atom stereocenters. The Balaban J connectivity index is 0.00000576. The number of carbonyl (C=O) groups is 2. The quantitative estimate of drug-likeness (QED) is 0.582. The van der Waals surface area contributed by atoms with Crippen LogP contribution in [0.2, 0.25) is 5.02 Å². The first-order valence-corrected chi connectivity index (χ1v) is 9.32. The zero-order valence-corrected chi connectivity index (χ0v) is 16.9. The van der Waals surface area contributed by atoms with Gasteiger partial charge in [-0.05, 0) is 37.0 Å². The summed E-state index contributed by atoms with van der Waals surface area (Å²) >= 11 is 7.67. The Kier molecular flexibility index (Phi) is 11.7. The van der Waals surface area contributed by atoms with Crippen molar-refractivity contribution in [3.63, 3.8) is 0 Å². The highest BCUT2D eigenvalue weighted by atomic mass is 35.5. The Hall–Kier alpha value is -1.15. The SMILES string of the molecule is COc1cc(Cl)c(C)cc1NC(=O)CCNC(=O)[C@@H](N)CCSC.Cl. The zero-order chi connectivity index (χ0) is 18.1. The van der Waals surface area contributed by atoms with E-state index in [1.165, 1.54) is 7.11 Å². The lowest BCUT2D eigenvalue weighted by molar-refractivity contribution is -0.122. The van der Waals surface area contributed by atoms with E-state index in [2.05, 4.69) is 10.6 Å². The van der Waals surface area contributed by atoms with Crippen molar-refractivity contribution in [2.24, 2.45) is 5.73 Å². The lowest BCUT2D eigenvalue weighted by Crippen LogP contribution is -2.41. The molecule has 4 N–H and O–H groups in total. The number of thioether (sulfide) groups is 1. The maximum Gasteiger partial charge on any atom is 0.236 e. The van der Waals surface area contributed by atoms with Crippen LogP contribution in [0.4, 0.5) is 5.69 Å². The first-order chi connectivity index (χ1) is 11.4. The average molecular weight is 410 g/mol. The minimum atomic E-state index is -0.542. The van der Waals surface area contributed by atoms with Crippen LogP contribution in [-0.2, 0) is 9.59 Å². The minimum absolute atomic E-state index is 0. The molecule has 0 aromatic heterocycles. The Morgan fingerprint density at radius 2 is 2.08 bits per heavy atom. The number of nitrogens with one attached hydrogen (secondary N) is 2. The average Bonchev–Trinajstić information content (AvgIpc) is 2.55. The molecule has 0 saturated heterocycles. The fourth-order valence-electron chi connectivity index (χ4n) is 1.95. The van der Waals surface area contributed by atoms with Crippen molar-refractivity contribution >= 4 is 53.3 Å². The fourth-order valence-corrected chi connectivity index (χ4v) is 2.59.